The maximum Gasteiger partial charge on any atom is 0.453 e. The summed E-state index contributed by atoms with van der Waals surface area (Å²) in [6.45, 7) is 4.20. The second-order valence-electron chi connectivity index (χ2n) is 5.84. The van der Waals surface area contributed by atoms with Crippen molar-refractivity contribution in [2.45, 2.75) is 12.6 Å². The molecule has 0 aliphatic carbocycles. The second kappa shape index (κ2) is 6.89. The Morgan fingerprint density at radius 1 is 1.33 bits per heavy atom. The van der Waals surface area contributed by atoms with Crippen LogP contribution in [0.2, 0.25) is 0 Å². The maximum absolute atomic E-state index is 12.9. The van der Waals surface area contributed by atoms with E-state index in [1.54, 1.807) is 13.2 Å². The quantitative estimate of drug-likeness (QED) is 0.857. The molecule has 1 aliphatic heterocycles. The van der Waals surface area contributed by atoms with E-state index in [2.05, 4.69) is 25.5 Å². The van der Waals surface area contributed by atoms with Crippen molar-refractivity contribution in [1.82, 2.24) is 24.7 Å². The average Bonchev–Trinajstić information content (AvgIpc) is 3.16. The molecule has 0 radical (unpaired) electrons. The van der Waals surface area contributed by atoms with Crippen LogP contribution in [0.25, 0.3) is 5.65 Å². The molecule has 10 heteroatoms. The lowest BCUT2D eigenvalue weighted by molar-refractivity contribution is -0.146. The number of alkyl halides is 3. The van der Waals surface area contributed by atoms with Gasteiger partial charge in [0.2, 0.25) is 0 Å². The van der Waals surface area contributed by atoms with Crippen LogP contribution in [0.1, 0.15) is 12.2 Å². The van der Waals surface area contributed by atoms with Crippen LogP contribution in [0.3, 0.4) is 0 Å². The second-order valence-corrected chi connectivity index (χ2v) is 5.84. The Morgan fingerprint density at radius 3 is 2.92 bits per heavy atom. The molecule has 1 aliphatic rings. The van der Waals surface area contributed by atoms with Gasteiger partial charge in [-0.05, 0) is 31.0 Å². The number of halogens is 3. The highest BCUT2D eigenvalue weighted by molar-refractivity contribution is 5.44. The zero-order chi connectivity index (χ0) is 17.2. The van der Waals surface area contributed by atoms with E-state index in [0.717, 1.165) is 30.6 Å². The molecular weight excluding hydrogens is 325 g/mol. The number of fused-ring (bicyclic) bond motifs is 1. The molecule has 2 aromatic heterocycles. The van der Waals surface area contributed by atoms with Gasteiger partial charge in [0.15, 0.2) is 5.65 Å². The van der Waals surface area contributed by atoms with Crippen molar-refractivity contribution in [3.63, 3.8) is 0 Å². The molecular formula is C14H19F3N6O. The fourth-order valence-electron chi connectivity index (χ4n) is 2.81. The zero-order valence-corrected chi connectivity index (χ0v) is 13.3. The topological polar surface area (TPSA) is 67.6 Å². The fourth-order valence-corrected chi connectivity index (χ4v) is 2.81. The Labute approximate surface area is 136 Å². The highest BCUT2D eigenvalue weighted by Gasteiger charge is 2.37. The predicted molar refractivity (Wildman–Crippen MR) is 80.7 cm³/mol. The van der Waals surface area contributed by atoms with E-state index in [0.29, 0.717) is 24.9 Å². The number of nitrogens with zero attached hydrogens (tertiary/aromatic N) is 5. The summed E-state index contributed by atoms with van der Waals surface area (Å²) in [7, 11) is 1.68. The van der Waals surface area contributed by atoms with Crippen LogP contribution in [0.5, 0.6) is 0 Å². The first kappa shape index (κ1) is 16.9. The number of anilines is 1. The van der Waals surface area contributed by atoms with E-state index in [1.807, 2.05) is 0 Å². The monoisotopic (exact) mass is 344 g/mol. The largest absolute Gasteiger partial charge is 0.453 e. The van der Waals surface area contributed by atoms with Crippen LogP contribution in [-0.4, -0.2) is 64.6 Å². The van der Waals surface area contributed by atoms with Crippen molar-refractivity contribution < 1.29 is 17.9 Å². The first-order chi connectivity index (χ1) is 11.5. The van der Waals surface area contributed by atoms with Crippen LogP contribution in [0.15, 0.2) is 12.1 Å². The molecule has 1 atom stereocenters. The van der Waals surface area contributed by atoms with Crippen LogP contribution in [0, 0.1) is 5.92 Å². The number of hydrogen-bond acceptors (Lipinski definition) is 6. The van der Waals surface area contributed by atoms with Crippen LogP contribution in [0.4, 0.5) is 19.0 Å². The summed E-state index contributed by atoms with van der Waals surface area (Å²) in [6, 6.07) is 3.08. The van der Waals surface area contributed by atoms with E-state index in [4.69, 9.17) is 4.74 Å². The fraction of sp³-hybridized carbons (Fsp3) is 0.643. The number of rotatable bonds is 6. The van der Waals surface area contributed by atoms with Crippen molar-refractivity contribution in [3.8, 4) is 0 Å². The molecule has 0 bridgehead atoms. The summed E-state index contributed by atoms with van der Waals surface area (Å²) >= 11 is 0. The first-order valence-corrected chi connectivity index (χ1v) is 7.72. The molecule has 0 aromatic carbocycles. The molecule has 24 heavy (non-hydrogen) atoms. The standard InChI is InChI=1S/C14H19F3N6O/c1-24-7-6-22-5-4-10(9-22)8-18-11-2-3-12-19-20-13(14(15,16)17)23(12)21-11/h2-3,10H,4-9H2,1H3,(H,18,21). The van der Waals surface area contributed by atoms with Crippen LogP contribution < -0.4 is 5.32 Å². The Balaban J connectivity index is 1.62. The number of hydrogen-bond donors (Lipinski definition) is 1. The molecule has 1 fully saturated rings. The third-order valence-corrected chi connectivity index (χ3v) is 4.07. The highest BCUT2D eigenvalue weighted by atomic mass is 19.4. The molecule has 0 spiro atoms. The minimum absolute atomic E-state index is 0.0690. The van der Waals surface area contributed by atoms with Gasteiger partial charge in [-0.1, -0.05) is 0 Å². The highest BCUT2D eigenvalue weighted by Crippen LogP contribution is 2.27. The molecule has 1 saturated heterocycles. The molecule has 2 aromatic rings. The van der Waals surface area contributed by atoms with E-state index >= 15 is 0 Å². The minimum Gasteiger partial charge on any atom is -0.383 e. The van der Waals surface area contributed by atoms with Crippen molar-refractivity contribution >= 4 is 11.5 Å². The van der Waals surface area contributed by atoms with Crippen molar-refractivity contribution in [1.29, 1.82) is 0 Å². The summed E-state index contributed by atoms with van der Waals surface area (Å²) in [4.78, 5) is 2.31. The van der Waals surface area contributed by atoms with Gasteiger partial charge in [0.1, 0.15) is 5.82 Å². The number of aromatic nitrogens is 4. The molecule has 7 nitrogen and oxygen atoms in total. The zero-order valence-electron chi connectivity index (χ0n) is 13.3. The van der Waals surface area contributed by atoms with Crippen LogP contribution in [-0.2, 0) is 10.9 Å². The van der Waals surface area contributed by atoms with Gasteiger partial charge in [-0.25, -0.2) is 0 Å². The van der Waals surface area contributed by atoms with Gasteiger partial charge in [-0.15, -0.1) is 15.3 Å². The Hall–Kier alpha value is -1.94. The molecule has 0 amide bonds. The predicted octanol–water partition coefficient (Wildman–Crippen LogP) is 1.52. The van der Waals surface area contributed by atoms with E-state index in [-0.39, 0.29) is 5.65 Å². The summed E-state index contributed by atoms with van der Waals surface area (Å²) in [5, 5.41) is 13.7. The smallest absolute Gasteiger partial charge is 0.383 e. The Morgan fingerprint density at radius 2 is 2.17 bits per heavy atom. The summed E-state index contributed by atoms with van der Waals surface area (Å²) in [6.07, 6.45) is -3.54. The number of nitrogens with one attached hydrogen (secondary N) is 1. The SMILES string of the molecule is COCCN1CCC(CNc2ccc3nnc(C(F)(F)F)n3n2)C1. The first-order valence-electron chi connectivity index (χ1n) is 7.72. The lowest BCUT2D eigenvalue weighted by atomic mass is 10.1. The van der Waals surface area contributed by atoms with Crippen molar-refractivity contribution in [3.05, 3.63) is 18.0 Å². The number of methoxy groups -OCH3 is 1. The normalized spacial score (nSPS) is 19.2. The molecule has 1 unspecified atom stereocenters. The van der Waals surface area contributed by atoms with Gasteiger partial charge in [-0.2, -0.15) is 17.7 Å². The molecule has 1 N–H and O–H groups in total. The number of likely N-dealkylation sites (tertiary alicyclic amines) is 1. The van der Waals surface area contributed by atoms with Gasteiger partial charge >= 0.3 is 6.18 Å². The summed E-state index contributed by atoms with van der Waals surface area (Å²) in [5.41, 5.74) is 0.0690. The van der Waals surface area contributed by atoms with Crippen LogP contribution >= 0.6 is 0 Å². The average molecular weight is 344 g/mol. The van der Waals surface area contributed by atoms with Gasteiger partial charge in [0.05, 0.1) is 6.61 Å². The summed E-state index contributed by atoms with van der Waals surface area (Å²) < 4.78 is 44.4. The van der Waals surface area contributed by atoms with E-state index in [9.17, 15) is 13.2 Å². The Kier molecular flexibility index (Phi) is 4.86. The van der Waals surface area contributed by atoms with Gasteiger partial charge in [-0.3, -0.25) is 0 Å². The Bertz CT molecular complexity index is 689. The van der Waals surface area contributed by atoms with Gasteiger partial charge in [0.25, 0.3) is 5.82 Å². The molecule has 3 rings (SSSR count). The third-order valence-electron chi connectivity index (χ3n) is 4.07. The van der Waals surface area contributed by atoms with Crippen molar-refractivity contribution in [2.24, 2.45) is 5.92 Å². The summed E-state index contributed by atoms with van der Waals surface area (Å²) in [5.74, 6) is -0.307. The van der Waals surface area contributed by atoms with E-state index < -0.39 is 12.0 Å². The van der Waals surface area contributed by atoms with E-state index in [1.165, 1.54) is 6.07 Å². The van der Waals surface area contributed by atoms with Crippen molar-refractivity contribution in [2.75, 3.05) is 45.2 Å². The lowest BCUT2D eigenvalue weighted by Crippen LogP contribution is -2.26. The minimum atomic E-state index is -4.58. The molecule has 3 heterocycles. The molecule has 0 saturated carbocycles. The van der Waals surface area contributed by atoms with Gasteiger partial charge < -0.3 is 15.0 Å². The maximum atomic E-state index is 12.9. The van der Waals surface area contributed by atoms with Gasteiger partial charge in [0, 0.05) is 26.7 Å². The number of ether oxygens (including phenoxy) is 1. The lowest BCUT2D eigenvalue weighted by Gasteiger charge is -2.15. The third kappa shape index (κ3) is 3.75. The molecule has 132 valence electrons.